The summed E-state index contributed by atoms with van der Waals surface area (Å²) in [5.41, 5.74) is 1.69. The van der Waals surface area contributed by atoms with Gasteiger partial charge in [-0.2, -0.15) is 0 Å². The van der Waals surface area contributed by atoms with Crippen LogP contribution in [0.25, 0.3) is 6.08 Å². The quantitative estimate of drug-likeness (QED) is 0.415. The van der Waals surface area contributed by atoms with E-state index < -0.39 is 5.97 Å². The zero-order valence-electron chi connectivity index (χ0n) is 15.0. The van der Waals surface area contributed by atoms with Crippen LogP contribution in [0.1, 0.15) is 25.0 Å². The Kier molecular flexibility index (Phi) is 6.01. The second-order valence-corrected chi connectivity index (χ2v) is 7.81. The molecule has 140 valence electrons. The fourth-order valence-corrected chi connectivity index (χ4v) is 3.27. The predicted octanol–water partition coefficient (Wildman–Crippen LogP) is 5.35. The Balaban J connectivity index is 1.95. The van der Waals surface area contributed by atoms with Gasteiger partial charge in [0.15, 0.2) is 17.2 Å². The number of carbonyl (C=O) groups is 1. The van der Waals surface area contributed by atoms with Gasteiger partial charge in [0.1, 0.15) is 0 Å². The highest BCUT2D eigenvalue weighted by Crippen LogP contribution is 2.38. The fourth-order valence-electron chi connectivity index (χ4n) is 2.46. The average molecular weight is 495 g/mol. The first-order valence-corrected chi connectivity index (χ1v) is 9.78. The molecule has 1 aliphatic rings. The minimum atomic E-state index is -0.495. The van der Waals surface area contributed by atoms with Gasteiger partial charge in [-0.1, -0.05) is 15.9 Å². The van der Waals surface area contributed by atoms with Crippen LogP contribution in [-0.2, 0) is 9.53 Å². The maximum atomic E-state index is 12.2. The Labute approximate surface area is 174 Å². The Hall–Kier alpha value is -2.12. The summed E-state index contributed by atoms with van der Waals surface area (Å²) >= 11 is 6.87. The molecule has 2 aromatic carbocycles. The highest BCUT2D eigenvalue weighted by atomic mass is 79.9. The summed E-state index contributed by atoms with van der Waals surface area (Å²) in [7, 11) is 1.57. The van der Waals surface area contributed by atoms with Gasteiger partial charge in [0.2, 0.25) is 5.90 Å². The summed E-state index contributed by atoms with van der Waals surface area (Å²) < 4.78 is 18.2. The minimum Gasteiger partial charge on any atom is -0.493 e. The van der Waals surface area contributed by atoms with Crippen LogP contribution < -0.4 is 9.47 Å². The first-order chi connectivity index (χ1) is 12.9. The molecule has 0 bridgehead atoms. The summed E-state index contributed by atoms with van der Waals surface area (Å²) in [5.74, 6) is 0.964. The predicted molar refractivity (Wildman–Crippen MR) is 111 cm³/mol. The van der Waals surface area contributed by atoms with Gasteiger partial charge in [-0.15, -0.1) is 0 Å². The van der Waals surface area contributed by atoms with Gasteiger partial charge < -0.3 is 14.2 Å². The molecule has 2 aromatic rings. The maximum absolute atomic E-state index is 12.2. The number of esters is 1. The van der Waals surface area contributed by atoms with Crippen LogP contribution in [0, 0.1) is 0 Å². The lowest BCUT2D eigenvalue weighted by molar-refractivity contribution is -0.129. The number of hydrogen-bond acceptors (Lipinski definition) is 5. The second-order valence-electron chi connectivity index (χ2n) is 6.04. The Morgan fingerprint density at radius 1 is 1.15 bits per heavy atom. The third-order valence-corrected chi connectivity index (χ3v) is 4.74. The lowest BCUT2D eigenvalue weighted by atomic mass is 10.1. The van der Waals surface area contributed by atoms with E-state index in [9.17, 15) is 4.79 Å². The van der Waals surface area contributed by atoms with E-state index in [1.54, 1.807) is 19.3 Å². The number of carbonyl (C=O) groups excluding carboxylic acids is 1. The number of benzene rings is 2. The SMILES string of the molecule is COc1cc(/C=C2\N=C(c3ccc(Br)cc3)OC2=O)cc(Br)c1OC(C)C. The molecule has 0 atom stereocenters. The van der Waals surface area contributed by atoms with Gasteiger partial charge in [-0.25, -0.2) is 9.79 Å². The van der Waals surface area contributed by atoms with Crippen LogP contribution in [-0.4, -0.2) is 25.1 Å². The highest BCUT2D eigenvalue weighted by Gasteiger charge is 2.24. The van der Waals surface area contributed by atoms with Crippen LogP contribution in [0.3, 0.4) is 0 Å². The van der Waals surface area contributed by atoms with Gasteiger partial charge in [0.25, 0.3) is 0 Å². The van der Waals surface area contributed by atoms with Crippen molar-refractivity contribution in [2.45, 2.75) is 20.0 Å². The summed E-state index contributed by atoms with van der Waals surface area (Å²) in [6.45, 7) is 3.88. The maximum Gasteiger partial charge on any atom is 0.363 e. The third-order valence-electron chi connectivity index (χ3n) is 3.62. The van der Waals surface area contributed by atoms with Crippen molar-refractivity contribution in [2.24, 2.45) is 4.99 Å². The molecular weight excluding hydrogens is 478 g/mol. The number of aliphatic imine (C=N–C) groups is 1. The molecule has 27 heavy (non-hydrogen) atoms. The number of cyclic esters (lactones) is 1. The van der Waals surface area contributed by atoms with E-state index in [2.05, 4.69) is 36.9 Å². The summed E-state index contributed by atoms with van der Waals surface area (Å²) in [6.07, 6.45) is 1.66. The number of ether oxygens (including phenoxy) is 3. The van der Waals surface area contributed by atoms with Crippen molar-refractivity contribution in [3.63, 3.8) is 0 Å². The highest BCUT2D eigenvalue weighted by molar-refractivity contribution is 9.10. The van der Waals surface area contributed by atoms with Crippen molar-refractivity contribution >= 4 is 49.8 Å². The molecule has 7 heteroatoms. The summed E-state index contributed by atoms with van der Waals surface area (Å²) in [4.78, 5) is 16.5. The number of rotatable bonds is 5. The first kappa shape index (κ1) is 19.6. The molecule has 5 nitrogen and oxygen atoms in total. The zero-order valence-corrected chi connectivity index (χ0v) is 18.1. The topological polar surface area (TPSA) is 57.1 Å². The van der Waals surface area contributed by atoms with E-state index in [1.165, 1.54) is 0 Å². The molecule has 0 fully saturated rings. The Bertz CT molecular complexity index is 934. The average Bonchev–Trinajstić information content (AvgIpc) is 2.98. The van der Waals surface area contributed by atoms with Crippen LogP contribution in [0.5, 0.6) is 11.5 Å². The molecule has 0 N–H and O–H groups in total. The van der Waals surface area contributed by atoms with Gasteiger partial charge in [0, 0.05) is 10.0 Å². The van der Waals surface area contributed by atoms with Crippen molar-refractivity contribution in [2.75, 3.05) is 7.11 Å². The standard InChI is InChI=1S/C20H17Br2NO4/c1-11(2)26-18-15(22)8-12(10-17(18)25-3)9-16-20(24)27-19(23-16)13-4-6-14(21)7-5-13/h4-11H,1-3H3/b16-9-. The number of nitrogens with zero attached hydrogens (tertiary/aromatic N) is 1. The monoisotopic (exact) mass is 493 g/mol. The Morgan fingerprint density at radius 2 is 1.85 bits per heavy atom. The number of halogens is 2. The normalized spacial score (nSPS) is 15.1. The first-order valence-electron chi connectivity index (χ1n) is 8.20. The number of hydrogen-bond donors (Lipinski definition) is 0. The van der Waals surface area contributed by atoms with Crippen LogP contribution in [0.4, 0.5) is 0 Å². The minimum absolute atomic E-state index is 0.00211. The zero-order chi connectivity index (χ0) is 19.6. The molecule has 0 amide bonds. The van der Waals surface area contributed by atoms with E-state index >= 15 is 0 Å². The van der Waals surface area contributed by atoms with Gasteiger partial charge >= 0.3 is 5.97 Å². The van der Waals surface area contributed by atoms with Crippen LogP contribution >= 0.6 is 31.9 Å². The van der Waals surface area contributed by atoms with Crippen molar-refractivity contribution in [3.8, 4) is 11.5 Å². The van der Waals surface area contributed by atoms with E-state index in [0.717, 1.165) is 20.1 Å². The van der Waals surface area contributed by atoms with Crippen molar-refractivity contribution in [3.05, 3.63) is 62.2 Å². The van der Waals surface area contributed by atoms with Gasteiger partial charge in [-0.3, -0.25) is 0 Å². The molecule has 0 saturated carbocycles. The molecule has 0 spiro atoms. The third kappa shape index (κ3) is 4.59. The van der Waals surface area contributed by atoms with Crippen molar-refractivity contribution < 1.29 is 19.0 Å². The lowest BCUT2D eigenvalue weighted by Gasteiger charge is -2.15. The molecule has 1 heterocycles. The summed E-state index contributed by atoms with van der Waals surface area (Å²) in [6, 6.07) is 11.0. The number of methoxy groups -OCH3 is 1. The van der Waals surface area contributed by atoms with E-state index in [-0.39, 0.29) is 17.7 Å². The van der Waals surface area contributed by atoms with Crippen molar-refractivity contribution in [1.29, 1.82) is 0 Å². The molecule has 3 rings (SSSR count). The van der Waals surface area contributed by atoms with Gasteiger partial charge in [0.05, 0.1) is 17.7 Å². The molecule has 0 aromatic heterocycles. The van der Waals surface area contributed by atoms with Crippen LogP contribution in [0.15, 0.2) is 56.0 Å². The van der Waals surface area contributed by atoms with E-state index in [0.29, 0.717) is 11.5 Å². The Morgan fingerprint density at radius 3 is 2.48 bits per heavy atom. The molecule has 0 saturated heterocycles. The molecule has 1 aliphatic heterocycles. The van der Waals surface area contributed by atoms with E-state index in [4.69, 9.17) is 14.2 Å². The van der Waals surface area contributed by atoms with Crippen LogP contribution in [0.2, 0.25) is 0 Å². The van der Waals surface area contributed by atoms with Crippen molar-refractivity contribution in [1.82, 2.24) is 0 Å². The van der Waals surface area contributed by atoms with E-state index in [1.807, 2.05) is 44.2 Å². The second kappa shape index (κ2) is 8.27. The molecule has 0 radical (unpaired) electrons. The lowest BCUT2D eigenvalue weighted by Crippen LogP contribution is -2.07. The molecule has 0 unspecified atom stereocenters. The fraction of sp³-hybridized carbons (Fsp3) is 0.200. The molecular formula is C20H17Br2NO4. The largest absolute Gasteiger partial charge is 0.493 e. The molecule has 0 aliphatic carbocycles. The van der Waals surface area contributed by atoms with Gasteiger partial charge in [-0.05, 0) is 77.8 Å². The smallest absolute Gasteiger partial charge is 0.363 e. The summed E-state index contributed by atoms with van der Waals surface area (Å²) in [5, 5.41) is 0.